The van der Waals surface area contributed by atoms with Gasteiger partial charge >= 0.3 is 0 Å². The van der Waals surface area contributed by atoms with Gasteiger partial charge < -0.3 is 15.4 Å². The van der Waals surface area contributed by atoms with E-state index in [1.54, 1.807) is 18.4 Å². The Morgan fingerprint density at radius 1 is 1.19 bits per heavy atom. The Labute approximate surface area is 207 Å². The molecule has 3 rings (SSSR count). The molecule has 1 aromatic heterocycles. The fourth-order valence-electron chi connectivity index (χ4n) is 3.84. The third-order valence-corrected chi connectivity index (χ3v) is 6.80. The average Bonchev–Trinajstić information content (AvgIpc) is 3.27. The summed E-state index contributed by atoms with van der Waals surface area (Å²) >= 11 is 1.80. The zero-order chi connectivity index (χ0) is 21.2. The molecule has 1 fully saturated rings. The predicted octanol–water partition coefficient (Wildman–Crippen LogP) is 4.27. The number of aromatic nitrogens is 1. The van der Waals surface area contributed by atoms with Gasteiger partial charge in [-0.25, -0.2) is 4.98 Å². The molecular weight excluding hydrogens is 521 g/mol. The normalized spacial score (nSPS) is 15.8. The van der Waals surface area contributed by atoms with Crippen molar-refractivity contribution < 1.29 is 4.74 Å². The van der Waals surface area contributed by atoms with Gasteiger partial charge in [0, 0.05) is 37.6 Å². The number of ether oxygens (including phenoxy) is 1. The number of halogens is 1. The number of guanidine groups is 1. The van der Waals surface area contributed by atoms with E-state index in [1.807, 2.05) is 13.2 Å². The summed E-state index contributed by atoms with van der Waals surface area (Å²) in [6, 6.07) is 8.80. The minimum absolute atomic E-state index is 0. The number of thiazole rings is 1. The number of nitrogens with one attached hydrogen (secondary N) is 2. The Bertz CT molecular complexity index is 790. The fraction of sp³-hybridized carbons (Fsp3) is 0.565. The van der Waals surface area contributed by atoms with Crippen LogP contribution in [-0.2, 0) is 12.8 Å². The highest BCUT2D eigenvalue weighted by molar-refractivity contribution is 14.0. The van der Waals surface area contributed by atoms with Crippen molar-refractivity contribution in [2.24, 2.45) is 4.99 Å². The van der Waals surface area contributed by atoms with Crippen molar-refractivity contribution in [1.29, 1.82) is 0 Å². The average molecular weight is 558 g/mol. The summed E-state index contributed by atoms with van der Waals surface area (Å²) in [6.45, 7) is 6.11. The highest BCUT2D eigenvalue weighted by atomic mass is 127. The zero-order valence-electron chi connectivity index (χ0n) is 18.9. The molecule has 6 nitrogen and oxygen atoms in total. The summed E-state index contributed by atoms with van der Waals surface area (Å²) in [7, 11) is 3.54. The monoisotopic (exact) mass is 557 g/mol. The number of piperidine rings is 1. The zero-order valence-corrected chi connectivity index (χ0v) is 22.0. The maximum absolute atomic E-state index is 5.34. The van der Waals surface area contributed by atoms with Gasteiger partial charge in [0.25, 0.3) is 0 Å². The first kappa shape index (κ1) is 25.9. The van der Waals surface area contributed by atoms with Gasteiger partial charge in [-0.2, -0.15) is 0 Å². The van der Waals surface area contributed by atoms with Crippen LogP contribution in [0.15, 0.2) is 35.5 Å². The van der Waals surface area contributed by atoms with Crippen LogP contribution in [0.3, 0.4) is 0 Å². The lowest BCUT2D eigenvalue weighted by atomic mass is 10.0. The first-order chi connectivity index (χ1) is 14.7. The molecule has 1 atom stereocenters. The van der Waals surface area contributed by atoms with E-state index in [4.69, 9.17) is 4.74 Å². The van der Waals surface area contributed by atoms with Crippen LogP contribution < -0.4 is 15.4 Å². The number of hydrogen-bond acceptors (Lipinski definition) is 5. The molecule has 0 radical (unpaired) electrons. The van der Waals surface area contributed by atoms with Crippen molar-refractivity contribution in [3.8, 4) is 5.75 Å². The molecule has 1 aromatic carbocycles. The van der Waals surface area contributed by atoms with E-state index in [2.05, 4.69) is 56.7 Å². The van der Waals surface area contributed by atoms with Crippen LogP contribution in [0, 0.1) is 0 Å². The van der Waals surface area contributed by atoms with Crippen LogP contribution in [0.5, 0.6) is 5.75 Å². The van der Waals surface area contributed by atoms with Crippen LogP contribution in [0.2, 0.25) is 0 Å². The quantitative estimate of drug-likeness (QED) is 0.274. The van der Waals surface area contributed by atoms with E-state index in [-0.39, 0.29) is 24.0 Å². The molecule has 2 aromatic rings. The number of benzene rings is 1. The van der Waals surface area contributed by atoms with Gasteiger partial charge in [0.05, 0.1) is 18.2 Å². The van der Waals surface area contributed by atoms with Gasteiger partial charge in [0.15, 0.2) is 5.96 Å². The van der Waals surface area contributed by atoms with Crippen molar-refractivity contribution >= 4 is 41.3 Å². The van der Waals surface area contributed by atoms with Crippen molar-refractivity contribution in [3.05, 3.63) is 45.9 Å². The summed E-state index contributed by atoms with van der Waals surface area (Å²) in [4.78, 5) is 12.9. The molecule has 0 spiro atoms. The molecule has 172 valence electrons. The molecule has 0 saturated carbocycles. The van der Waals surface area contributed by atoms with E-state index < -0.39 is 0 Å². The third-order valence-electron chi connectivity index (χ3n) is 5.60. The molecule has 1 aliphatic heterocycles. The largest absolute Gasteiger partial charge is 0.497 e. The third kappa shape index (κ3) is 7.91. The van der Waals surface area contributed by atoms with E-state index in [1.165, 1.54) is 34.7 Å². The summed E-state index contributed by atoms with van der Waals surface area (Å²) in [6.07, 6.45) is 7.83. The minimum atomic E-state index is 0. The molecule has 0 amide bonds. The van der Waals surface area contributed by atoms with E-state index in [9.17, 15) is 0 Å². The first-order valence-corrected chi connectivity index (χ1v) is 11.8. The van der Waals surface area contributed by atoms with Crippen molar-refractivity contribution in [2.75, 3.05) is 40.3 Å². The highest BCUT2D eigenvalue weighted by Gasteiger charge is 2.22. The SMILES string of the molecule is CCc1cnc(CCNC(=NC)NCC(c2ccc(OC)cc2)N2CCCCC2)s1.I. The predicted molar refractivity (Wildman–Crippen MR) is 141 cm³/mol. The van der Waals surface area contributed by atoms with E-state index in [0.29, 0.717) is 6.04 Å². The number of aryl methyl sites for hydroxylation is 1. The molecule has 1 unspecified atom stereocenters. The number of rotatable bonds is 9. The molecule has 0 aliphatic carbocycles. The van der Waals surface area contributed by atoms with Gasteiger partial charge in [-0.15, -0.1) is 35.3 Å². The molecule has 2 N–H and O–H groups in total. The first-order valence-electron chi connectivity index (χ1n) is 11.0. The van der Waals surface area contributed by atoms with Crippen LogP contribution in [0.4, 0.5) is 0 Å². The Morgan fingerprint density at radius 2 is 1.94 bits per heavy atom. The fourth-order valence-corrected chi connectivity index (χ4v) is 4.70. The highest BCUT2D eigenvalue weighted by Crippen LogP contribution is 2.25. The van der Waals surface area contributed by atoms with Crippen molar-refractivity contribution in [3.63, 3.8) is 0 Å². The van der Waals surface area contributed by atoms with Gasteiger partial charge in [0.2, 0.25) is 0 Å². The summed E-state index contributed by atoms with van der Waals surface area (Å²) in [5.41, 5.74) is 1.32. The Morgan fingerprint density at radius 3 is 2.55 bits per heavy atom. The van der Waals surface area contributed by atoms with Crippen LogP contribution >= 0.6 is 35.3 Å². The lowest BCUT2D eigenvalue weighted by molar-refractivity contribution is 0.164. The minimum Gasteiger partial charge on any atom is -0.497 e. The van der Waals surface area contributed by atoms with E-state index in [0.717, 1.165) is 50.7 Å². The van der Waals surface area contributed by atoms with Crippen LogP contribution in [-0.4, -0.2) is 56.2 Å². The Balaban J connectivity index is 0.00000341. The topological polar surface area (TPSA) is 61.8 Å². The molecular formula is C23H36IN5OS. The number of likely N-dealkylation sites (tertiary alicyclic amines) is 1. The molecule has 1 saturated heterocycles. The summed E-state index contributed by atoms with van der Waals surface area (Å²) in [5, 5.41) is 8.17. The molecule has 2 heterocycles. The smallest absolute Gasteiger partial charge is 0.191 e. The number of hydrogen-bond donors (Lipinski definition) is 2. The summed E-state index contributed by atoms with van der Waals surface area (Å²) < 4.78 is 5.34. The maximum atomic E-state index is 5.34. The van der Waals surface area contributed by atoms with Gasteiger partial charge in [0.1, 0.15) is 5.75 Å². The second-order valence-electron chi connectivity index (χ2n) is 7.59. The number of aliphatic imine (C=N–C) groups is 1. The number of methoxy groups -OCH3 is 1. The van der Waals surface area contributed by atoms with Gasteiger partial charge in [-0.1, -0.05) is 25.5 Å². The Hall–Kier alpha value is -1.39. The van der Waals surface area contributed by atoms with Crippen molar-refractivity contribution in [2.45, 2.75) is 45.1 Å². The lowest BCUT2D eigenvalue weighted by Crippen LogP contribution is -2.44. The van der Waals surface area contributed by atoms with E-state index >= 15 is 0 Å². The molecule has 31 heavy (non-hydrogen) atoms. The number of nitrogens with zero attached hydrogens (tertiary/aromatic N) is 3. The molecule has 8 heteroatoms. The van der Waals surface area contributed by atoms with Crippen molar-refractivity contribution in [1.82, 2.24) is 20.5 Å². The second-order valence-corrected chi connectivity index (χ2v) is 8.79. The van der Waals surface area contributed by atoms with Crippen LogP contribution in [0.1, 0.15) is 47.7 Å². The maximum Gasteiger partial charge on any atom is 0.191 e. The molecule has 0 bridgehead atoms. The van der Waals surface area contributed by atoms with Gasteiger partial charge in [-0.3, -0.25) is 9.89 Å². The standard InChI is InChI=1S/C23H35N5OS.HI/c1-4-20-16-26-22(30-20)12-13-25-23(24-2)27-17-21(28-14-6-5-7-15-28)18-8-10-19(29-3)11-9-18;/h8-11,16,21H,4-7,12-15,17H2,1-3H3,(H2,24,25,27);1H. The second kappa shape index (κ2) is 13.9. The lowest BCUT2D eigenvalue weighted by Gasteiger charge is -2.35. The van der Waals surface area contributed by atoms with Gasteiger partial charge in [-0.05, 0) is 50.0 Å². The Kier molecular flexibility index (Phi) is 11.6. The summed E-state index contributed by atoms with van der Waals surface area (Å²) in [5.74, 6) is 1.74. The van der Waals surface area contributed by atoms with Crippen LogP contribution in [0.25, 0.3) is 0 Å². The molecule has 1 aliphatic rings.